The maximum atomic E-state index is 9.42. The van der Waals surface area contributed by atoms with Gasteiger partial charge in [0.1, 0.15) is 5.75 Å². The molecule has 1 aromatic rings. The van der Waals surface area contributed by atoms with Crippen LogP contribution in [0.2, 0.25) is 0 Å². The minimum atomic E-state index is 0.135. The maximum absolute atomic E-state index is 9.42. The van der Waals surface area contributed by atoms with Gasteiger partial charge in [0.15, 0.2) is 0 Å². The summed E-state index contributed by atoms with van der Waals surface area (Å²) in [5, 5.41) is 12.9. The maximum Gasteiger partial charge on any atom is 0.133 e. The lowest BCUT2D eigenvalue weighted by Gasteiger charge is -2.23. The van der Waals surface area contributed by atoms with Crippen molar-refractivity contribution >= 4 is 15.9 Å². The zero-order valence-corrected chi connectivity index (χ0v) is 13.7. The molecule has 19 heavy (non-hydrogen) atoms. The van der Waals surface area contributed by atoms with Crippen molar-refractivity contribution in [2.45, 2.75) is 39.3 Å². The first kappa shape index (κ1) is 16.5. The monoisotopic (exact) mass is 329 g/mol. The molecule has 0 aromatic heterocycles. The van der Waals surface area contributed by atoms with E-state index in [4.69, 9.17) is 4.74 Å². The summed E-state index contributed by atoms with van der Waals surface area (Å²) < 4.78 is 6.18. The molecule has 108 valence electrons. The zero-order valence-electron chi connectivity index (χ0n) is 12.1. The fourth-order valence-electron chi connectivity index (χ4n) is 2.17. The van der Waals surface area contributed by atoms with Crippen molar-refractivity contribution < 1.29 is 9.84 Å². The van der Waals surface area contributed by atoms with Crippen LogP contribution in [-0.4, -0.2) is 24.9 Å². The Morgan fingerprint density at radius 1 is 1.32 bits per heavy atom. The van der Waals surface area contributed by atoms with E-state index in [1.54, 1.807) is 7.11 Å². The molecule has 1 rings (SSSR count). The second-order valence-electron chi connectivity index (χ2n) is 5.29. The predicted molar refractivity (Wildman–Crippen MR) is 82.6 cm³/mol. The molecule has 0 aliphatic heterocycles. The lowest BCUT2D eigenvalue weighted by Crippen LogP contribution is -2.35. The van der Waals surface area contributed by atoms with Gasteiger partial charge in [0, 0.05) is 12.1 Å². The standard InChI is InChI=1S/C15H24BrNO2/c1-10(2)7-13(9-18)17-11(3)12-5-6-15(19-4)14(16)8-12/h5-6,8,10-11,13,17-18H,7,9H2,1-4H3. The lowest BCUT2D eigenvalue weighted by molar-refractivity contribution is 0.215. The molecule has 0 bridgehead atoms. The SMILES string of the molecule is COc1ccc(C(C)NC(CO)CC(C)C)cc1Br. The Labute approximate surface area is 124 Å². The summed E-state index contributed by atoms with van der Waals surface area (Å²) in [6.45, 7) is 6.61. The van der Waals surface area contributed by atoms with E-state index < -0.39 is 0 Å². The number of benzene rings is 1. The van der Waals surface area contributed by atoms with E-state index in [0.717, 1.165) is 16.6 Å². The third-order valence-corrected chi connectivity index (χ3v) is 3.76. The molecule has 1 aromatic carbocycles. The molecule has 0 fully saturated rings. The number of methoxy groups -OCH3 is 1. The van der Waals surface area contributed by atoms with E-state index in [2.05, 4.69) is 48.1 Å². The van der Waals surface area contributed by atoms with Crippen LogP contribution in [0.3, 0.4) is 0 Å². The van der Waals surface area contributed by atoms with Crippen LogP contribution in [-0.2, 0) is 0 Å². The fraction of sp³-hybridized carbons (Fsp3) is 0.600. The van der Waals surface area contributed by atoms with Gasteiger partial charge >= 0.3 is 0 Å². The molecule has 0 aliphatic carbocycles. The highest BCUT2D eigenvalue weighted by Crippen LogP contribution is 2.28. The largest absolute Gasteiger partial charge is 0.496 e. The van der Waals surface area contributed by atoms with E-state index in [-0.39, 0.29) is 18.7 Å². The van der Waals surface area contributed by atoms with E-state index in [1.807, 2.05) is 12.1 Å². The summed E-state index contributed by atoms with van der Waals surface area (Å²) in [6, 6.07) is 6.38. The molecule has 0 amide bonds. The van der Waals surface area contributed by atoms with Crippen molar-refractivity contribution in [3.63, 3.8) is 0 Å². The number of aliphatic hydroxyl groups excluding tert-OH is 1. The third-order valence-electron chi connectivity index (χ3n) is 3.14. The van der Waals surface area contributed by atoms with Gasteiger partial charge in [-0.1, -0.05) is 19.9 Å². The molecule has 3 nitrogen and oxygen atoms in total. The summed E-state index contributed by atoms with van der Waals surface area (Å²) in [7, 11) is 1.66. The van der Waals surface area contributed by atoms with Crippen LogP contribution in [0.15, 0.2) is 22.7 Å². The second-order valence-corrected chi connectivity index (χ2v) is 6.15. The number of hydrogen-bond acceptors (Lipinski definition) is 3. The molecule has 2 N–H and O–H groups in total. The number of aliphatic hydroxyl groups is 1. The molecule has 0 heterocycles. The van der Waals surface area contributed by atoms with Crippen LogP contribution in [0.1, 0.15) is 38.8 Å². The molecule has 2 unspecified atom stereocenters. The highest BCUT2D eigenvalue weighted by atomic mass is 79.9. The lowest BCUT2D eigenvalue weighted by atomic mass is 10.0. The van der Waals surface area contributed by atoms with Gasteiger partial charge in [0.2, 0.25) is 0 Å². The van der Waals surface area contributed by atoms with Gasteiger partial charge < -0.3 is 15.2 Å². The Bertz CT molecular complexity index is 396. The Morgan fingerprint density at radius 3 is 2.47 bits per heavy atom. The quantitative estimate of drug-likeness (QED) is 0.804. The average molecular weight is 330 g/mol. The molecule has 0 spiro atoms. The molecule has 2 atom stereocenters. The fourth-order valence-corrected chi connectivity index (χ4v) is 2.72. The summed E-state index contributed by atoms with van der Waals surface area (Å²) >= 11 is 3.50. The van der Waals surface area contributed by atoms with Crippen molar-refractivity contribution in [1.82, 2.24) is 5.32 Å². The van der Waals surface area contributed by atoms with Gasteiger partial charge in [-0.15, -0.1) is 0 Å². The molecule has 0 saturated heterocycles. The van der Waals surface area contributed by atoms with Crippen molar-refractivity contribution in [2.75, 3.05) is 13.7 Å². The molecular weight excluding hydrogens is 306 g/mol. The predicted octanol–water partition coefficient (Wildman–Crippen LogP) is 3.52. The zero-order chi connectivity index (χ0) is 14.4. The third kappa shape index (κ3) is 5.13. The number of nitrogens with one attached hydrogen (secondary N) is 1. The van der Waals surface area contributed by atoms with Crippen LogP contribution in [0.25, 0.3) is 0 Å². The van der Waals surface area contributed by atoms with E-state index in [0.29, 0.717) is 5.92 Å². The van der Waals surface area contributed by atoms with Gasteiger partial charge in [-0.3, -0.25) is 0 Å². The van der Waals surface area contributed by atoms with Crippen LogP contribution in [0.5, 0.6) is 5.75 Å². The first-order chi connectivity index (χ1) is 8.97. The Balaban J connectivity index is 2.71. The Kier molecular flexibility index (Phi) is 6.83. The minimum Gasteiger partial charge on any atom is -0.496 e. The summed E-state index contributed by atoms with van der Waals surface area (Å²) in [5.74, 6) is 1.40. The molecule has 0 radical (unpaired) electrons. The van der Waals surface area contributed by atoms with Crippen molar-refractivity contribution in [1.29, 1.82) is 0 Å². The average Bonchev–Trinajstić information content (AvgIpc) is 2.37. The highest BCUT2D eigenvalue weighted by Gasteiger charge is 2.15. The normalized spacial score (nSPS) is 14.5. The number of rotatable bonds is 7. The van der Waals surface area contributed by atoms with Crippen molar-refractivity contribution in [3.8, 4) is 5.75 Å². The molecular formula is C15H24BrNO2. The van der Waals surface area contributed by atoms with Crippen molar-refractivity contribution in [3.05, 3.63) is 28.2 Å². The highest BCUT2D eigenvalue weighted by molar-refractivity contribution is 9.10. The summed E-state index contributed by atoms with van der Waals surface area (Å²) in [6.07, 6.45) is 0.970. The van der Waals surface area contributed by atoms with Gasteiger partial charge in [-0.05, 0) is 52.9 Å². The van der Waals surface area contributed by atoms with E-state index in [1.165, 1.54) is 5.56 Å². The smallest absolute Gasteiger partial charge is 0.133 e. The summed E-state index contributed by atoms with van der Waals surface area (Å²) in [5.41, 5.74) is 1.18. The molecule has 4 heteroatoms. The van der Waals surface area contributed by atoms with Gasteiger partial charge in [0.05, 0.1) is 18.2 Å². The minimum absolute atomic E-state index is 0.135. The molecule has 0 saturated carbocycles. The van der Waals surface area contributed by atoms with Crippen LogP contribution in [0, 0.1) is 5.92 Å². The number of halogens is 1. The first-order valence-corrected chi connectivity index (χ1v) is 7.47. The van der Waals surface area contributed by atoms with Crippen LogP contribution < -0.4 is 10.1 Å². The van der Waals surface area contributed by atoms with E-state index >= 15 is 0 Å². The molecule has 0 aliphatic rings. The van der Waals surface area contributed by atoms with Gasteiger partial charge in [0.25, 0.3) is 0 Å². The van der Waals surface area contributed by atoms with E-state index in [9.17, 15) is 5.11 Å². The van der Waals surface area contributed by atoms with Gasteiger partial charge in [-0.2, -0.15) is 0 Å². The van der Waals surface area contributed by atoms with Crippen molar-refractivity contribution in [2.24, 2.45) is 5.92 Å². The first-order valence-electron chi connectivity index (χ1n) is 6.68. The van der Waals surface area contributed by atoms with Gasteiger partial charge in [-0.25, -0.2) is 0 Å². The second kappa shape index (κ2) is 7.88. The van der Waals surface area contributed by atoms with Crippen LogP contribution >= 0.6 is 15.9 Å². The van der Waals surface area contributed by atoms with Crippen LogP contribution in [0.4, 0.5) is 0 Å². The topological polar surface area (TPSA) is 41.5 Å². The number of hydrogen-bond donors (Lipinski definition) is 2. The number of ether oxygens (including phenoxy) is 1. The summed E-state index contributed by atoms with van der Waals surface area (Å²) in [4.78, 5) is 0. The Morgan fingerprint density at radius 2 is 2.00 bits per heavy atom. The Hall–Kier alpha value is -0.580.